The van der Waals surface area contributed by atoms with E-state index in [9.17, 15) is 0 Å². The number of rotatable bonds is 6. The molecule has 2 aromatic heterocycles. The third kappa shape index (κ3) is 3.30. The number of nitrogens with zero attached hydrogens (tertiary/aromatic N) is 3. The lowest BCUT2D eigenvalue weighted by Crippen LogP contribution is -1.82. The molecule has 2 heterocycles. The van der Waals surface area contributed by atoms with E-state index in [0.29, 0.717) is 5.75 Å². The van der Waals surface area contributed by atoms with Crippen molar-refractivity contribution >= 4 is 11.8 Å². The fraction of sp³-hybridized carbons (Fsp3) is 0.267. The van der Waals surface area contributed by atoms with E-state index < -0.39 is 0 Å². The number of nitrogens with one attached hydrogen (secondary N) is 1. The monoisotopic (exact) mass is 316 g/mol. The van der Waals surface area contributed by atoms with Gasteiger partial charge in [0.15, 0.2) is 0 Å². The van der Waals surface area contributed by atoms with Gasteiger partial charge in [0.25, 0.3) is 0 Å². The molecule has 0 spiro atoms. The van der Waals surface area contributed by atoms with Gasteiger partial charge in [-0.15, -0.1) is 5.10 Å². The number of H-pyrrole nitrogens is 1. The fourth-order valence-corrected chi connectivity index (χ4v) is 2.61. The van der Waals surface area contributed by atoms with Gasteiger partial charge in [0.05, 0.1) is 12.9 Å². The minimum Gasteiger partial charge on any atom is -0.497 e. The van der Waals surface area contributed by atoms with E-state index in [2.05, 4.69) is 20.3 Å². The molecule has 114 valence electrons. The normalized spacial score (nSPS) is 10.8. The van der Waals surface area contributed by atoms with Gasteiger partial charge in [0.2, 0.25) is 5.16 Å². The predicted molar refractivity (Wildman–Crippen MR) is 83.8 cm³/mol. The highest BCUT2D eigenvalue weighted by atomic mass is 32.2. The molecule has 0 fully saturated rings. The SMILES string of the molecule is CCc1nc(SCc2cc(-c3ccc(OC)cc3)no2)n[nH]1. The zero-order valence-corrected chi connectivity index (χ0v) is 13.2. The van der Waals surface area contributed by atoms with E-state index in [-0.39, 0.29) is 0 Å². The Bertz CT molecular complexity index is 736. The Morgan fingerprint density at radius 1 is 1.27 bits per heavy atom. The van der Waals surface area contributed by atoms with Gasteiger partial charge in [-0.1, -0.05) is 23.8 Å². The summed E-state index contributed by atoms with van der Waals surface area (Å²) in [7, 11) is 1.65. The van der Waals surface area contributed by atoms with Crippen LogP contribution in [0.4, 0.5) is 0 Å². The molecular formula is C15H16N4O2S. The minimum atomic E-state index is 0.643. The smallest absolute Gasteiger partial charge is 0.208 e. The molecule has 0 radical (unpaired) electrons. The Kier molecular flexibility index (Phi) is 4.43. The van der Waals surface area contributed by atoms with Crippen molar-refractivity contribution in [2.24, 2.45) is 0 Å². The first kappa shape index (κ1) is 14.6. The maximum atomic E-state index is 5.36. The number of benzene rings is 1. The Labute approximate surface area is 132 Å². The van der Waals surface area contributed by atoms with Crippen molar-refractivity contribution in [1.29, 1.82) is 0 Å². The van der Waals surface area contributed by atoms with Crippen LogP contribution < -0.4 is 4.74 Å². The number of hydrogen-bond acceptors (Lipinski definition) is 6. The maximum Gasteiger partial charge on any atom is 0.208 e. The highest BCUT2D eigenvalue weighted by molar-refractivity contribution is 7.98. The van der Waals surface area contributed by atoms with Crippen LogP contribution >= 0.6 is 11.8 Å². The van der Waals surface area contributed by atoms with E-state index >= 15 is 0 Å². The van der Waals surface area contributed by atoms with Gasteiger partial charge in [-0.05, 0) is 24.3 Å². The van der Waals surface area contributed by atoms with E-state index in [1.807, 2.05) is 37.3 Å². The molecule has 0 aliphatic rings. The van der Waals surface area contributed by atoms with Crippen LogP contribution in [-0.2, 0) is 12.2 Å². The lowest BCUT2D eigenvalue weighted by Gasteiger charge is -1.99. The van der Waals surface area contributed by atoms with Crippen molar-refractivity contribution < 1.29 is 9.26 Å². The van der Waals surface area contributed by atoms with Crippen LogP contribution in [0.15, 0.2) is 40.0 Å². The quantitative estimate of drug-likeness (QED) is 0.703. The summed E-state index contributed by atoms with van der Waals surface area (Å²) in [5.41, 5.74) is 1.80. The fourth-order valence-electron chi connectivity index (χ4n) is 1.91. The number of hydrogen-bond donors (Lipinski definition) is 1. The highest BCUT2D eigenvalue weighted by Crippen LogP contribution is 2.25. The number of ether oxygens (including phenoxy) is 1. The van der Waals surface area contributed by atoms with Crippen LogP contribution in [0, 0.1) is 0 Å². The number of thioether (sulfide) groups is 1. The van der Waals surface area contributed by atoms with Gasteiger partial charge in [-0.2, -0.15) is 0 Å². The number of aromatic amines is 1. The van der Waals surface area contributed by atoms with Gasteiger partial charge in [-0.3, -0.25) is 5.10 Å². The van der Waals surface area contributed by atoms with Crippen molar-refractivity contribution in [3.63, 3.8) is 0 Å². The zero-order valence-electron chi connectivity index (χ0n) is 12.4. The summed E-state index contributed by atoms with van der Waals surface area (Å²) < 4.78 is 10.5. The molecule has 0 bridgehead atoms. The molecule has 0 saturated carbocycles. The summed E-state index contributed by atoms with van der Waals surface area (Å²) in [6.07, 6.45) is 0.845. The first-order chi connectivity index (χ1) is 10.8. The molecule has 0 aliphatic carbocycles. The molecule has 22 heavy (non-hydrogen) atoms. The molecular weight excluding hydrogens is 300 g/mol. The van der Waals surface area contributed by atoms with E-state index in [0.717, 1.165) is 40.2 Å². The molecule has 0 aliphatic heterocycles. The molecule has 1 aromatic carbocycles. The summed E-state index contributed by atoms with van der Waals surface area (Å²) in [5, 5.41) is 11.8. The largest absolute Gasteiger partial charge is 0.497 e. The Balaban J connectivity index is 1.65. The van der Waals surface area contributed by atoms with E-state index in [1.165, 1.54) is 11.8 Å². The average Bonchev–Trinajstić information content (AvgIpc) is 3.22. The van der Waals surface area contributed by atoms with Gasteiger partial charge < -0.3 is 9.26 Å². The molecule has 0 amide bonds. The highest BCUT2D eigenvalue weighted by Gasteiger charge is 2.09. The summed E-state index contributed by atoms with van der Waals surface area (Å²) >= 11 is 1.52. The first-order valence-electron chi connectivity index (χ1n) is 6.92. The number of aryl methyl sites for hydroxylation is 1. The molecule has 0 unspecified atom stereocenters. The molecule has 0 atom stereocenters. The Hall–Kier alpha value is -2.28. The van der Waals surface area contributed by atoms with Crippen molar-refractivity contribution in [2.45, 2.75) is 24.3 Å². The third-order valence-electron chi connectivity index (χ3n) is 3.13. The van der Waals surface area contributed by atoms with Gasteiger partial charge in [-0.25, -0.2) is 4.98 Å². The minimum absolute atomic E-state index is 0.643. The lowest BCUT2D eigenvalue weighted by atomic mass is 10.1. The van der Waals surface area contributed by atoms with Crippen LogP contribution in [0.3, 0.4) is 0 Å². The third-order valence-corrected chi connectivity index (χ3v) is 4.00. The second-order valence-corrected chi connectivity index (χ2v) is 5.56. The van der Waals surface area contributed by atoms with Crippen LogP contribution in [0.5, 0.6) is 5.75 Å². The molecule has 1 N–H and O–H groups in total. The second kappa shape index (κ2) is 6.65. The second-order valence-electron chi connectivity index (χ2n) is 4.61. The molecule has 7 heteroatoms. The van der Waals surface area contributed by atoms with Gasteiger partial charge >= 0.3 is 0 Å². The van der Waals surface area contributed by atoms with Crippen molar-refractivity contribution in [3.05, 3.63) is 41.9 Å². The summed E-state index contributed by atoms with van der Waals surface area (Å²) in [4.78, 5) is 4.35. The van der Waals surface area contributed by atoms with E-state index in [4.69, 9.17) is 9.26 Å². The van der Waals surface area contributed by atoms with Crippen LogP contribution in [0.2, 0.25) is 0 Å². The van der Waals surface area contributed by atoms with Crippen molar-refractivity contribution in [2.75, 3.05) is 7.11 Å². The standard InChI is InChI=1S/C15H16N4O2S/c1-3-14-16-15(18-17-14)22-9-12-8-13(19-21-12)10-4-6-11(20-2)7-5-10/h4-8H,3,9H2,1-2H3,(H,16,17,18). The van der Waals surface area contributed by atoms with Crippen LogP contribution in [-0.4, -0.2) is 27.4 Å². The Morgan fingerprint density at radius 3 is 2.77 bits per heavy atom. The number of methoxy groups -OCH3 is 1. The zero-order chi connectivity index (χ0) is 15.4. The van der Waals surface area contributed by atoms with Crippen LogP contribution in [0.1, 0.15) is 18.5 Å². The Morgan fingerprint density at radius 2 is 2.09 bits per heavy atom. The average molecular weight is 316 g/mol. The van der Waals surface area contributed by atoms with Gasteiger partial charge in [0, 0.05) is 18.1 Å². The molecule has 3 rings (SSSR count). The lowest BCUT2D eigenvalue weighted by molar-refractivity contribution is 0.397. The predicted octanol–water partition coefficient (Wildman–Crippen LogP) is 3.32. The maximum absolute atomic E-state index is 5.36. The summed E-state index contributed by atoms with van der Waals surface area (Å²) in [6.45, 7) is 2.03. The molecule has 0 saturated heterocycles. The van der Waals surface area contributed by atoms with Crippen molar-refractivity contribution in [1.82, 2.24) is 20.3 Å². The number of aromatic nitrogens is 4. The first-order valence-corrected chi connectivity index (χ1v) is 7.91. The molecule has 3 aromatic rings. The summed E-state index contributed by atoms with van der Waals surface area (Å²) in [5.74, 6) is 3.14. The van der Waals surface area contributed by atoms with E-state index in [1.54, 1.807) is 7.11 Å². The van der Waals surface area contributed by atoms with Gasteiger partial charge in [0.1, 0.15) is 23.0 Å². The van der Waals surface area contributed by atoms with Crippen molar-refractivity contribution in [3.8, 4) is 17.0 Å². The van der Waals surface area contributed by atoms with Crippen LogP contribution in [0.25, 0.3) is 11.3 Å². The summed E-state index contributed by atoms with van der Waals surface area (Å²) in [6, 6.07) is 9.64. The topological polar surface area (TPSA) is 76.8 Å². The molecule has 6 nitrogen and oxygen atoms in total.